The zero-order valence-corrected chi connectivity index (χ0v) is 16.2. The second-order valence-electron chi connectivity index (χ2n) is 7.37. The molecule has 2 unspecified atom stereocenters. The van der Waals surface area contributed by atoms with Crippen LogP contribution in [0.5, 0.6) is 0 Å². The van der Waals surface area contributed by atoms with Gasteiger partial charge in [0.1, 0.15) is 24.4 Å². The van der Waals surface area contributed by atoms with Crippen LogP contribution in [0.1, 0.15) is 18.9 Å². The molecule has 0 radical (unpaired) electrons. The molecule has 7 nitrogen and oxygen atoms in total. The Morgan fingerprint density at radius 2 is 2.11 bits per heavy atom. The number of hydrogen-bond acceptors (Lipinski definition) is 5. The van der Waals surface area contributed by atoms with Crippen molar-refractivity contribution in [3.05, 3.63) is 54.5 Å². The normalized spacial score (nSPS) is 19.6. The lowest BCUT2D eigenvalue weighted by Gasteiger charge is -2.41. The molecule has 0 aliphatic carbocycles. The summed E-state index contributed by atoms with van der Waals surface area (Å²) in [6, 6.07) is 11.9. The molecule has 1 saturated heterocycles. The summed E-state index contributed by atoms with van der Waals surface area (Å²) in [5.41, 5.74) is 1.81. The molecule has 1 aliphatic rings. The number of nitrogens with zero attached hydrogens (tertiary/aromatic N) is 4. The van der Waals surface area contributed by atoms with Crippen molar-refractivity contribution in [1.29, 1.82) is 0 Å². The Kier molecular flexibility index (Phi) is 5.14. The van der Waals surface area contributed by atoms with Gasteiger partial charge in [0.2, 0.25) is 0 Å². The molecule has 1 fully saturated rings. The van der Waals surface area contributed by atoms with E-state index in [4.69, 9.17) is 4.74 Å². The Hall–Kier alpha value is -3.09. The van der Waals surface area contributed by atoms with Crippen LogP contribution in [0.3, 0.4) is 0 Å². The van der Waals surface area contributed by atoms with Gasteiger partial charge in [-0.25, -0.2) is 14.8 Å². The minimum absolute atomic E-state index is 0.158. The molecular weight excluding hydrogens is 354 g/mol. The molecule has 0 saturated carbocycles. The monoisotopic (exact) mass is 379 g/mol. The molecule has 1 aromatic carbocycles. The number of piperidine rings is 1. The second-order valence-corrected chi connectivity index (χ2v) is 7.37. The molecule has 4 rings (SSSR count). The van der Waals surface area contributed by atoms with Gasteiger partial charge in [0.05, 0.1) is 11.4 Å². The highest BCUT2D eigenvalue weighted by atomic mass is 16.6. The van der Waals surface area contributed by atoms with E-state index in [1.165, 1.54) is 0 Å². The number of anilines is 1. The van der Waals surface area contributed by atoms with Crippen molar-refractivity contribution in [1.82, 2.24) is 19.9 Å². The maximum absolute atomic E-state index is 12.6. The van der Waals surface area contributed by atoms with Crippen LogP contribution in [-0.2, 0) is 11.3 Å². The molecule has 7 heteroatoms. The number of rotatable bonds is 4. The van der Waals surface area contributed by atoms with Crippen molar-refractivity contribution in [3.63, 3.8) is 0 Å². The Morgan fingerprint density at radius 1 is 1.29 bits per heavy atom. The number of aromatic amines is 1. The average molecular weight is 379 g/mol. The summed E-state index contributed by atoms with van der Waals surface area (Å²) < 4.78 is 5.53. The fraction of sp³-hybridized carbons (Fsp3) is 0.381. The Balaban J connectivity index is 1.45. The second kappa shape index (κ2) is 7.88. The van der Waals surface area contributed by atoms with Crippen molar-refractivity contribution in [2.45, 2.75) is 26.0 Å². The quantitative estimate of drug-likeness (QED) is 0.752. The molecule has 2 atom stereocenters. The third-order valence-electron chi connectivity index (χ3n) is 5.55. The number of ether oxygens (including phenoxy) is 1. The van der Waals surface area contributed by atoms with Gasteiger partial charge in [0.25, 0.3) is 0 Å². The molecule has 0 spiro atoms. The fourth-order valence-corrected chi connectivity index (χ4v) is 3.83. The lowest BCUT2D eigenvalue weighted by Crippen LogP contribution is -2.53. The van der Waals surface area contributed by atoms with E-state index >= 15 is 0 Å². The first-order chi connectivity index (χ1) is 13.6. The molecule has 0 bridgehead atoms. The number of likely N-dealkylation sites (tertiary alicyclic amines) is 1. The van der Waals surface area contributed by atoms with Gasteiger partial charge < -0.3 is 19.5 Å². The largest absolute Gasteiger partial charge is 0.445 e. The van der Waals surface area contributed by atoms with Crippen LogP contribution in [0.2, 0.25) is 0 Å². The number of benzene rings is 1. The van der Waals surface area contributed by atoms with Crippen LogP contribution in [0.15, 0.2) is 48.9 Å². The topological polar surface area (TPSA) is 74.3 Å². The average Bonchev–Trinajstić information content (AvgIpc) is 3.21. The van der Waals surface area contributed by atoms with E-state index in [1.807, 2.05) is 49.6 Å². The fourth-order valence-electron chi connectivity index (χ4n) is 3.83. The SMILES string of the molecule is CC1CCN(C(=O)OCc2ccccc2)CC1N(C)c1ncnc2[nH]ccc12. The molecule has 1 amide bonds. The predicted molar refractivity (Wildman–Crippen MR) is 108 cm³/mol. The van der Waals surface area contributed by atoms with Crippen LogP contribution >= 0.6 is 0 Å². The number of amides is 1. The summed E-state index contributed by atoms with van der Waals surface area (Å²) in [5.74, 6) is 1.31. The number of H-pyrrole nitrogens is 1. The maximum Gasteiger partial charge on any atom is 0.410 e. The van der Waals surface area contributed by atoms with Crippen LogP contribution in [-0.4, -0.2) is 52.1 Å². The highest BCUT2D eigenvalue weighted by molar-refractivity contribution is 5.87. The highest BCUT2D eigenvalue weighted by Crippen LogP contribution is 2.28. The molecule has 1 N–H and O–H groups in total. The van der Waals surface area contributed by atoms with Crippen LogP contribution in [0.4, 0.5) is 10.6 Å². The zero-order chi connectivity index (χ0) is 19.5. The lowest BCUT2D eigenvalue weighted by molar-refractivity contribution is 0.0782. The Bertz CT molecular complexity index is 942. The highest BCUT2D eigenvalue weighted by Gasteiger charge is 2.33. The van der Waals surface area contributed by atoms with Crippen molar-refractivity contribution in [2.75, 3.05) is 25.0 Å². The van der Waals surface area contributed by atoms with Crippen LogP contribution in [0, 0.1) is 5.92 Å². The van der Waals surface area contributed by atoms with Gasteiger partial charge in [0.15, 0.2) is 0 Å². The van der Waals surface area contributed by atoms with E-state index in [2.05, 4.69) is 26.8 Å². The van der Waals surface area contributed by atoms with E-state index in [0.717, 1.165) is 28.8 Å². The standard InChI is InChI=1S/C21H25N5O2/c1-15-9-11-26(21(27)28-13-16-6-4-3-5-7-16)12-18(15)25(2)20-17-8-10-22-19(17)23-14-24-20/h3-8,10,14-15,18H,9,11-13H2,1-2H3,(H,22,23,24). The van der Waals surface area contributed by atoms with E-state index in [-0.39, 0.29) is 12.1 Å². The van der Waals surface area contributed by atoms with Crippen LogP contribution in [0.25, 0.3) is 11.0 Å². The van der Waals surface area contributed by atoms with E-state index in [1.54, 1.807) is 11.2 Å². The van der Waals surface area contributed by atoms with Gasteiger partial charge in [-0.1, -0.05) is 37.3 Å². The zero-order valence-electron chi connectivity index (χ0n) is 16.2. The van der Waals surface area contributed by atoms with Crippen molar-refractivity contribution >= 4 is 22.9 Å². The van der Waals surface area contributed by atoms with E-state index in [9.17, 15) is 4.79 Å². The summed E-state index contributed by atoms with van der Waals surface area (Å²) in [4.78, 5) is 28.5. The number of aromatic nitrogens is 3. The van der Waals surface area contributed by atoms with Gasteiger partial charge in [-0.2, -0.15) is 0 Å². The summed E-state index contributed by atoms with van der Waals surface area (Å²) in [6.07, 6.45) is 4.11. The molecule has 2 aromatic heterocycles. The molecule has 146 valence electrons. The van der Waals surface area contributed by atoms with Crippen molar-refractivity contribution in [2.24, 2.45) is 5.92 Å². The minimum Gasteiger partial charge on any atom is -0.445 e. The summed E-state index contributed by atoms with van der Waals surface area (Å²) in [6.45, 7) is 3.84. The van der Waals surface area contributed by atoms with E-state index < -0.39 is 0 Å². The third kappa shape index (κ3) is 3.65. The molecule has 3 heterocycles. The van der Waals surface area contributed by atoms with Gasteiger partial charge in [-0.05, 0) is 24.0 Å². The molecule has 28 heavy (non-hydrogen) atoms. The van der Waals surface area contributed by atoms with E-state index in [0.29, 0.717) is 25.6 Å². The van der Waals surface area contributed by atoms with Gasteiger partial charge in [0, 0.05) is 26.3 Å². The summed E-state index contributed by atoms with van der Waals surface area (Å²) in [7, 11) is 2.04. The molecular formula is C21H25N5O2. The van der Waals surface area contributed by atoms with Crippen molar-refractivity contribution in [3.8, 4) is 0 Å². The smallest absolute Gasteiger partial charge is 0.410 e. The first-order valence-corrected chi connectivity index (χ1v) is 9.60. The molecule has 1 aliphatic heterocycles. The number of carbonyl (C=O) groups is 1. The minimum atomic E-state index is -0.261. The number of likely N-dealkylation sites (N-methyl/N-ethyl adjacent to an activating group) is 1. The molecule has 3 aromatic rings. The number of hydrogen-bond donors (Lipinski definition) is 1. The maximum atomic E-state index is 12.6. The first kappa shape index (κ1) is 18.3. The lowest BCUT2D eigenvalue weighted by atomic mass is 9.92. The summed E-state index contributed by atoms with van der Waals surface area (Å²) in [5, 5.41) is 0.987. The van der Waals surface area contributed by atoms with Gasteiger partial charge in [-0.15, -0.1) is 0 Å². The number of fused-ring (bicyclic) bond motifs is 1. The Labute approximate surface area is 164 Å². The Morgan fingerprint density at radius 3 is 2.93 bits per heavy atom. The summed E-state index contributed by atoms with van der Waals surface area (Å²) >= 11 is 0. The van der Waals surface area contributed by atoms with Crippen molar-refractivity contribution < 1.29 is 9.53 Å². The van der Waals surface area contributed by atoms with Crippen LogP contribution < -0.4 is 4.90 Å². The number of carbonyl (C=O) groups excluding carboxylic acids is 1. The predicted octanol–water partition coefficient (Wildman–Crippen LogP) is 3.44. The first-order valence-electron chi connectivity index (χ1n) is 9.60. The number of nitrogens with one attached hydrogen (secondary N) is 1. The van der Waals surface area contributed by atoms with Gasteiger partial charge in [-0.3, -0.25) is 0 Å². The van der Waals surface area contributed by atoms with Gasteiger partial charge >= 0.3 is 6.09 Å². The third-order valence-corrected chi connectivity index (χ3v) is 5.55.